The number of H-pyrrole nitrogens is 1. The van der Waals surface area contributed by atoms with Crippen molar-refractivity contribution in [3.05, 3.63) is 57.7 Å². The molecule has 4 aromatic heterocycles. The third-order valence-electron chi connectivity index (χ3n) is 6.10. The van der Waals surface area contributed by atoms with E-state index in [1.165, 1.54) is 49.8 Å². The molecule has 0 radical (unpaired) electrons. The topological polar surface area (TPSA) is 107 Å². The number of primary amides is 1. The maximum Gasteiger partial charge on any atom is 0.275 e. The van der Waals surface area contributed by atoms with Crippen molar-refractivity contribution in [3.8, 4) is 21.7 Å². The number of hydrogen-bond donors (Lipinski definition) is 2. The predicted octanol–water partition coefficient (Wildman–Crippen LogP) is 5.63. The van der Waals surface area contributed by atoms with Crippen LogP contribution in [0.25, 0.3) is 32.7 Å². The Morgan fingerprint density at radius 1 is 1.29 bits per heavy atom. The number of nitrogens with two attached hydrogens (primary N) is 1. The van der Waals surface area contributed by atoms with Crippen molar-refractivity contribution < 1.29 is 4.79 Å². The van der Waals surface area contributed by atoms with Gasteiger partial charge in [-0.1, -0.05) is 56.7 Å². The minimum absolute atomic E-state index is 0.0839. The second-order valence-electron chi connectivity index (χ2n) is 8.60. The summed E-state index contributed by atoms with van der Waals surface area (Å²) in [7, 11) is 0. The van der Waals surface area contributed by atoms with Gasteiger partial charge in [-0.2, -0.15) is 0 Å². The van der Waals surface area contributed by atoms with E-state index in [1.807, 2.05) is 17.5 Å². The molecule has 178 valence electrons. The molecule has 1 aliphatic rings. The summed E-state index contributed by atoms with van der Waals surface area (Å²) in [4.78, 5) is 36.0. The first-order valence-corrected chi connectivity index (χ1v) is 12.7. The van der Waals surface area contributed by atoms with E-state index in [0.29, 0.717) is 16.1 Å². The lowest BCUT2D eigenvalue weighted by atomic mass is 9.91. The summed E-state index contributed by atoms with van der Waals surface area (Å²) >= 11 is 7.87. The van der Waals surface area contributed by atoms with Gasteiger partial charge in [-0.15, -0.1) is 11.3 Å². The maximum absolute atomic E-state index is 12.6. The molecular formula is C25H28ClN5O2S. The molecule has 9 heteroatoms. The highest BCUT2D eigenvalue weighted by molar-refractivity contribution is 7.14. The Labute approximate surface area is 207 Å². The second-order valence-corrected chi connectivity index (χ2v) is 9.93. The molecule has 0 aliphatic heterocycles. The predicted molar refractivity (Wildman–Crippen MR) is 138 cm³/mol. The van der Waals surface area contributed by atoms with E-state index in [-0.39, 0.29) is 18.5 Å². The first kappa shape index (κ1) is 24.2. The lowest BCUT2D eigenvalue weighted by Gasteiger charge is -2.15. The van der Waals surface area contributed by atoms with Crippen molar-refractivity contribution in [1.29, 1.82) is 0 Å². The molecule has 0 saturated heterocycles. The van der Waals surface area contributed by atoms with Crippen molar-refractivity contribution in [2.75, 3.05) is 0 Å². The number of aryl methyl sites for hydroxylation is 1. The van der Waals surface area contributed by atoms with E-state index >= 15 is 0 Å². The molecule has 34 heavy (non-hydrogen) atoms. The number of nitrogens with zero attached hydrogens (tertiary/aromatic N) is 3. The van der Waals surface area contributed by atoms with Crippen LogP contribution < -0.4 is 11.3 Å². The number of thiophene rings is 1. The van der Waals surface area contributed by atoms with Gasteiger partial charge in [0, 0.05) is 36.5 Å². The van der Waals surface area contributed by atoms with Crippen molar-refractivity contribution in [2.24, 2.45) is 11.7 Å². The Kier molecular flexibility index (Phi) is 7.80. The Bertz CT molecular complexity index is 1320. The summed E-state index contributed by atoms with van der Waals surface area (Å²) in [5.74, 6) is 0.581. The van der Waals surface area contributed by atoms with Crippen molar-refractivity contribution in [2.45, 2.75) is 52.0 Å². The first-order valence-electron chi connectivity index (χ1n) is 11.5. The zero-order valence-corrected chi connectivity index (χ0v) is 20.7. The molecule has 5 rings (SSSR count). The molecule has 0 aromatic carbocycles. The molecule has 0 spiro atoms. The van der Waals surface area contributed by atoms with Gasteiger partial charge in [0.15, 0.2) is 0 Å². The van der Waals surface area contributed by atoms with E-state index in [0.717, 1.165) is 27.6 Å². The average Bonchev–Trinajstić information content (AvgIpc) is 3.40. The molecule has 1 aliphatic carbocycles. The van der Waals surface area contributed by atoms with Crippen LogP contribution in [0.3, 0.4) is 0 Å². The van der Waals surface area contributed by atoms with Gasteiger partial charge in [-0.25, -0.2) is 4.98 Å². The standard InChI is InChI=1S/C18H14ClN5O2S.C7H14/c19-11-4-7-27-17(11)15-13(10-2-1-5-21-8-10)14-16(18(26)23-9-22-14)24(15)6-3-12(20)25;1-7-5-3-2-4-6-7/h1-2,4-5,7-9H,3,6H2,(H2,20,25)(H,22,23,26);7H,2-6H2,1H3. The fraction of sp³-hybridized carbons (Fsp3) is 0.360. The molecule has 7 nitrogen and oxygen atoms in total. The molecule has 4 heterocycles. The highest BCUT2D eigenvalue weighted by atomic mass is 35.5. The van der Waals surface area contributed by atoms with Gasteiger partial charge >= 0.3 is 0 Å². The van der Waals surface area contributed by atoms with Crippen LogP contribution in [0.1, 0.15) is 45.4 Å². The van der Waals surface area contributed by atoms with Crippen LogP contribution in [-0.4, -0.2) is 25.4 Å². The van der Waals surface area contributed by atoms with Gasteiger partial charge in [-0.3, -0.25) is 14.6 Å². The Morgan fingerprint density at radius 3 is 2.68 bits per heavy atom. The first-order chi connectivity index (χ1) is 16.5. The largest absolute Gasteiger partial charge is 0.370 e. The monoisotopic (exact) mass is 497 g/mol. The average molecular weight is 498 g/mol. The Balaban J connectivity index is 0.000000336. The van der Waals surface area contributed by atoms with Crippen LogP contribution in [0.2, 0.25) is 5.02 Å². The number of nitrogens with one attached hydrogen (secondary N) is 1. The Hall–Kier alpha value is -2.97. The molecule has 1 amide bonds. The summed E-state index contributed by atoms with van der Waals surface area (Å²) < 4.78 is 1.77. The minimum Gasteiger partial charge on any atom is -0.370 e. The summed E-state index contributed by atoms with van der Waals surface area (Å²) in [6, 6.07) is 5.51. The molecule has 0 unspecified atom stereocenters. The van der Waals surface area contributed by atoms with Crippen LogP contribution in [0, 0.1) is 5.92 Å². The number of halogens is 1. The van der Waals surface area contributed by atoms with E-state index in [9.17, 15) is 9.59 Å². The smallest absolute Gasteiger partial charge is 0.275 e. The van der Waals surface area contributed by atoms with Gasteiger partial charge in [-0.05, 0) is 23.4 Å². The third kappa shape index (κ3) is 5.23. The number of fused-ring (bicyclic) bond motifs is 1. The van der Waals surface area contributed by atoms with Crippen molar-refractivity contribution in [1.82, 2.24) is 19.5 Å². The SMILES string of the molecule is CC1CCCCC1.NC(=O)CCn1c(-c2sccc2Cl)c(-c2cccnc2)c2nc[nH]c(=O)c21. The minimum atomic E-state index is -0.455. The molecule has 0 atom stereocenters. The number of hydrogen-bond acceptors (Lipinski definition) is 5. The zero-order chi connectivity index (χ0) is 24.1. The summed E-state index contributed by atoms with van der Waals surface area (Å²) in [5.41, 5.74) is 8.23. The summed E-state index contributed by atoms with van der Waals surface area (Å²) in [6.07, 6.45) is 12.3. The molecule has 0 bridgehead atoms. The van der Waals surface area contributed by atoms with Gasteiger partial charge in [0.1, 0.15) is 11.0 Å². The number of aromatic nitrogens is 4. The highest BCUT2D eigenvalue weighted by Crippen LogP contribution is 2.43. The number of rotatable bonds is 5. The number of carbonyl (C=O) groups is 1. The molecular weight excluding hydrogens is 470 g/mol. The fourth-order valence-electron chi connectivity index (χ4n) is 4.42. The lowest BCUT2D eigenvalue weighted by molar-refractivity contribution is -0.118. The van der Waals surface area contributed by atoms with Crippen LogP contribution >= 0.6 is 22.9 Å². The number of pyridine rings is 1. The van der Waals surface area contributed by atoms with Gasteiger partial charge in [0.05, 0.1) is 21.9 Å². The molecule has 4 aromatic rings. The van der Waals surface area contributed by atoms with E-state index < -0.39 is 5.91 Å². The van der Waals surface area contributed by atoms with Gasteiger partial charge in [0.25, 0.3) is 5.56 Å². The molecule has 1 fully saturated rings. The van der Waals surface area contributed by atoms with Crippen molar-refractivity contribution >= 4 is 39.9 Å². The molecule has 3 N–H and O–H groups in total. The van der Waals surface area contributed by atoms with Crippen LogP contribution in [0.15, 0.2) is 47.1 Å². The van der Waals surface area contributed by atoms with Crippen LogP contribution in [0.5, 0.6) is 0 Å². The number of amides is 1. The van der Waals surface area contributed by atoms with Gasteiger partial charge in [0.2, 0.25) is 5.91 Å². The van der Waals surface area contributed by atoms with Crippen molar-refractivity contribution in [3.63, 3.8) is 0 Å². The maximum atomic E-state index is 12.6. The number of carbonyl (C=O) groups excluding carboxylic acids is 1. The van der Waals surface area contributed by atoms with E-state index in [1.54, 1.807) is 23.0 Å². The molecule has 1 saturated carbocycles. The lowest BCUT2D eigenvalue weighted by Crippen LogP contribution is -2.17. The highest BCUT2D eigenvalue weighted by Gasteiger charge is 2.25. The zero-order valence-electron chi connectivity index (χ0n) is 19.1. The van der Waals surface area contributed by atoms with E-state index in [4.69, 9.17) is 17.3 Å². The number of aromatic amines is 1. The van der Waals surface area contributed by atoms with Gasteiger partial charge < -0.3 is 15.3 Å². The Morgan fingerprint density at radius 2 is 2.09 bits per heavy atom. The summed E-state index contributed by atoms with van der Waals surface area (Å²) in [5, 5.41) is 2.43. The summed E-state index contributed by atoms with van der Waals surface area (Å²) in [6.45, 7) is 2.60. The quantitative estimate of drug-likeness (QED) is 0.372. The van der Waals surface area contributed by atoms with Crippen LogP contribution in [0.4, 0.5) is 0 Å². The fourth-order valence-corrected chi connectivity index (χ4v) is 5.63. The van der Waals surface area contributed by atoms with Crippen LogP contribution in [-0.2, 0) is 11.3 Å². The normalized spacial score (nSPS) is 14.1. The van der Waals surface area contributed by atoms with E-state index in [2.05, 4.69) is 21.9 Å². The third-order valence-corrected chi connectivity index (χ3v) is 7.45. The second kappa shape index (κ2) is 11.0.